The molecule has 0 fully saturated rings. The fraction of sp³-hybridized carbons (Fsp3) is 0.250. The lowest BCUT2D eigenvalue weighted by molar-refractivity contribution is 0.0856. The van der Waals surface area contributed by atoms with Gasteiger partial charge in [0.15, 0.2) is 0 Å². The SMILES string of the molecule is C=CCNS(=O)(=O)c1cccc(C(=O)NN(C)C)c1. The molecule has 0 aliphatic heterocycles. The number of rotatable bonds is 6. The number of carbonyl (C=O) groups excluding carboxylic acids is 1. The third kappa shape index (κ3) is 4.47. The molecule has 19 heavy (non-hydrogen) atoms. The highest BCUT2D eigenvalue weighted by Crippen LogP contribution is 2.11. The maximum atomic E-state index is 11.9. The Balaban J connectivity index is 3.00. The molecular weight excluding hydrogens is 266 g/mol. The van der Waals surface area contributed by atoms with Crippen LogP contribution in [0.1, 0.15) is 10.4 Å². The molecule has 1 amide bonds. The molecule has 0 aliphatic carbocycles. The Morgan fingerprint density at radius 1 is 1.42 bits per heavy atom. The van der Waals surface area contributed by atoms with Crippen molar-refractivity contribution in [2.24, 2.45) is 0 Å². The van der Waals surface area contributed by atoms with Gasteiger partial charge in [0.1, 0.15) is 0 Å². The summed E-state index contributed by atoms with van der Waals surface area (Å²) in [6, 6.07) is 5.82. The number of carbonyl (C=O) groups is 1. The maximum Gasteiger partial charge on any atom is 0.265 e. The van der Waals surface area contributed by atoms with E-state index in [0.29, 0.717) is 0 Å². The van der Waals surface area contributed by atoms with Crippen LogP contribution in [0.4, 0.5) is 0 Å². The second-order valence-corrected chi connectivity index (χ2v) is 5.77. The zero-order chi connectivity index (χ0) is 14.5. The Labute approximate surface area is 113 Å². The van der Waals surface area contributed by atoms with Gasteiger partial charge in [0, 0.05) is 26.2 Å². The van der Waals surface area contributed by atoms with E-state index in [-0.39, 0.29) is 22.9 Å². The average molecular weight is 283 g/mol. The van der Waals surface area contributed by atoms with Crippen LogP contribution in [0.2, 0.25) is 0 Å². The highest BCUT2D eigenvalue weighted by Gasteiger charge is 2.15. The zero-order valence-corrected chi connectivity index (χ0v) is 11.7. The van der Waals surface area contributed by atoms with E-state index >= 15 is 0 Å². The van der Waals surface area contributed by atoms with Crippen LogP contribution in [-0.4, -0.2) is 40.0 Å². The molecule has 1 aromatic rings. The molecule has 0 aromatic heterocycles. The molecule has 0 bridgehead atoms. The van der Waals surface area contributed by atoms with Crippen LogP contribution < -0.4 is 10.1 Å². The Bertz CT molecular complexity index is 567. The van der Waals surface area contributed by atoms with Crippen LogP contribution in [-0.2, 0) is 10.0 Å². The smallest absolute Gasteiger partial charge is 0.265 e. The van der Waals surface area contributed by atoms with Crippen molar-refractivity contribution in [3.05, 3.63) is 42.5 Å². The molecular formula is C12H17N3O3S. The van der Waals surface area contributed by atoms with E-state index in [1.807, 2.05) is 0 Å². The number of hydrogen-bond donors (Lipinski definition) is 2. The molecule has 0 saturated heterocycles. The Morgan fingerprint density at radius 2 is 2.11 bits per heavy atom. The standard InChI is InChI=1S/C12H17N3O3S/c1-4-8-13-19(17,18)11-7-5-6-10(9-11)12(16)14-15(2)3/h4-7,9,13H,1,8H2,2-3H3,(H,14,16). The summed E-state index contributed by atoms with van der Waals surface area (Å²) in [6.45, 7) is 3.57. The first-order valence-electron chi connectivity index (χ1n) is 5.56. The minimum atomic E-state index is -3.62. The second kappa shape index (κ2) is 6.46. The van der Waals surface area contributed by atoms with Crippen LogP contribution in [0, 0.1) is 0 Å². The number of amides is 1. The summed E-state index contributed by atoms with van der Waals surface area (Å²) in [5.41, 5.74) is 2.82. The molecule has 2 N–H and O–H groups in total. The third-order valence-corrected chi connectivity index (χ3v) is 3.57. The number of nitrogens with one attached hydrogen (secondary N) is 2. The predicted molar refractivity (Wildman–Crippen MR) is 73.0 cm³/mol. The van der Waals surface area contributed by atoms with Crippen molar-refractivity contribution in [1.29, 1.82) is 0 Å². The fourth-order valence-electron chi connectivity index (χ4n) is 1.32. The Morgan fingerprint density at radius 3 is 2.68 bits per heavy atom. The lowest BCUT2D eigenvalue weighted by atomic mass is 10.2. The second-order valence-electron chi connectivity index (χ2n) is 4.00. The summed E-state index contributed by atoms with van der Waals surface area (Å²) >= 11 is 0. The summed E-state index contributed by atoms with van der Waals surface area (Å²) in [6.07, 6.45) is 1.44. The number of hydrazine groups is 1. The molecule has 0 spiro atoms. The molecule has 0 unspecified atom stereocenters. The molecule has 0 saturated carbocycles. The van der Waals surface area contributed by atoms with E-state index in [2.05, 4.69) is 16.7 Å². The van der Waals surface area contributed by atoms with Crippen molar-refractivity contribution in [2.45, 2.75) is 4.90 Å². The third-order valence-electron chi connectivity index (χ3n) is 2.15. The van der Waals surface area contributed by atoms with Crippen LogP contribution in [0.5, 0.6) is 0 Å². The normalized spacial score (nSPS) is 11.3. The fourth-order valence-corrected chi connectivity index (χ4v) is 2.37. The van der Waals surface area contributed by atoms with Crippen LogP contribution in [0.15, 0.2) is 41.8 Å². The average Bonchev–Trinajstić information content (AvgIpc) is 2.36. The van der Waals surface area contributed by atoms with E-state index < -0.39 is 10.0 Å². The molecule has 1 aromatic carbocycles. The van der Waals surface area contributed by atoms with Gasteiger partial charge in [-0.1, -0.05) is 12.1 Å². The summed E-state index contributed by atoms with van der Waals surface area (Å²) in [4.78, 5) is 11.8. The van der Waals surface area contributed by atoms with Gasteiger partial charge in [-0.25, -0.2) is 18.1 Å². The van der Waals surface area contributed by atoms with E-state index in [1.54, 1.807) is 20.2 Å². The maximum absolute atomic E-state index is 11.9. The first kappa shape index (κ1) is 15.4. The minimum Gasteiger partial charge on any atom is -0.285 e. The van der Waals surface area contributed by atoms with Gasteiger partial charge in [-0.3, -0.25) is 10.2 Å². The van der Waals surface area contributed by atoms with Gasteiger partial charge in [-0.2, -0.15) is 0 Å². The molecule has 7 heteroatoms. The van der Waals surface area contributed by atoms with Crippen LogP contribution in [0.25, 0.3) is 0 Å². The van der Waals surface area contributed by atoms with E-state index in [9.17, 15) is 13.2 Å². The van der Waals surface area contributed by atoms with Crippen molar-refractivity contribution >= 4 is 15.9 Å². The number of sulfonamides is 1. The van der Waals surface area contributed by atoms with Gasteiger partial charge in [-0.05, 0) is 18.2 Å². The van der Waals surface area contributed by atoms with Gasteiger partial charge in [0.2, 0.25) is 10.0 Å². The lowest BCUT2D eigenvalue weighted by Crippen LogP contribution is -2.36. The minimum absolute atomic E-state index is 0.0424. The van der Waals surface area contributed by atoms with Gasteiger partial charge < -0.3 is 0 Å². The Hall–Kier alpha value is -1.70. The highest BCUT2D eigenvalue weighted by atomic mass is 32.2. The Kier molecular flexibility index (Phi) is 5.22. The van der Waals surface area contributed by atoms with Crippen molar-refractivity contribution in [3.63, 3.8) is 0 Å². The molecule has 1 rings (SSSR count). The zero-order valence-electron chi connectivity index (χ0n) is 10.9. The van der Waals surface area contributed by atoms with Crippen LogP contribution >= 0.6 is 0 Å². The summed E-state index contributed by atoms with van der Waals surface area (Å²) in [5, 5.41) is 1.49. The predicted octanol–water partition coefficient (Wildman–Crippen LogP) is 0.357. The number of benzene rings is 1. The van der Waals surface area contributed by atoms with Gasteiger partial charge in [0.25, 0.3) is 5.91 Å². The molecule has 104 valence electrons. The van der Waals surface area contributed by atoms with Gasteiger partial charge in [0.05, 0.1) is 4.90 Å². The first-order valence-corrected chi connectivity index (χ1v) is 7.04. The van der Waals surface area contributed by atoms with E-state index in [4.69, 9.17) is 0 Å². The summed E-state index contributed by atoms with van der Waals surface area (Å²) < 4.78 is 26.1. The van der Waals surface area contributed by atoms with Crippen molar-refractivity contribution in [1.82, 2.24) is 15.2 Å². The molecule has 0 aliphatic rings. The number of hydrogen-bond acceptors (Lipinski definition) is 4. The molecule has 0 atom stereocenters. The quantitative estimate of drug-likeness (QED) is 0.583. The molecule has 6 nitrogen and oxygen atoms in total. The lowest BCUT2D eigenvalue weighted by Gasteiger charge is -2.12. The summed E-state index contributed by atoms with van der Waals surface area (Å²) in [7, 11) is -0.280. The van der Waals surface area contributed by atoms with Crippen molar-refractivity contribution in [3.8, 4) is 0 Å². The van der Waals surface area contributed by atoms with E-state index in [1.165, 1.54) is 29.3 Å². The largest absolute Gasteiger partial charge is 0.285 e. The summed E-state index contributed by atoms with van der Waals surface area (Å²) in [5.74, 6) is -0.370. The highest BCUT2D eigenvalue weighted by molar-refractivity contribution is 7.89. The molecule has 0 heterocycles. The first-order chi connectivity index (χ1) is 8.86. The monoisotopic (exact) mass is 283 g/mol. The van der Waals surface area contributed by atoms with Crippen molar-refractivity contribution < 1.29 is 13.2 Å². The van der Waals surface area contributed by atoms with E-state index in [0.717, 1.165) is 0 Å². The van der Waals surface area contributed by atoms with Crippen LogP contribution in [0.3, 0.4) is 0 Å². The van der Waals surface area contributed by atoms with Gasteiger partial charge >= 0.3 is 0 Å². The van der Waals surface area contributed by atoms with Gasteiger partial charge in [-0.15, -0.1) is 6.58 Å². The number of nitrogens with zero attached hydrogens (tertiary/aromatic N) is 1. The van der Waals surface area contributed by atoms with Crippen molar-refractivity contribution in [2.75, 3.05) is 20.6 Å². The topological polar surface area (TPSA) is 78.5 Å². The molecule has 0 radical (unpaired) electrons.